The minimum atomic E-state index is -0.446. The van der Waals surface area contributed by atoms with E-state index < -0.39 is 4.92 Å². The van der Waals surface area contributed by atoms with Crippen LogP contribution in [0, 0.1) is 10.1 Å². The molecule has 1 aromatic carbocycles. The second-order valence-electron chi connectivity index (χ2n) is 4.54. The van der Waals surface area contributed by atoms with Crippen LogP contribution in [0.15, 0.2) is 24.3 Å². The highest BCUT2D eigenvalue weighted by Crippen LogP contribution is 2.16. The van der Waals surface area contributed by atoms with Crippen LogP contribution in [0.2, 0.25) is 0 Å². The van der Waals surface area contributed by atoms with Gasteiger partial charge in [-0.3, -0.25) is 10.1 Å². The molecule has 0 aliphatic heterocycles. The van der Waals surface area contributed by atoms with E-state index in [1.165, 1.54) is 12.1 Å². The number of ether oxygens (including phenoxy) is 4. The second kappa shape index (κ2) is 12.8. The largest absolute Gasteiger partial charge is 0.491 e. The van der Waals surface area contributed by atoms with Crippen molar-refractivity contribution in [2.75, 3.05) is 59.8 Å². The first-order valence-corrected chi connectivity index (χ1v) is 7.49. The predicted molar refractivity (Wildman–Crippen MR) is 85.0 cm³/mol. The molecule has 23 heavy (non-hydrogen) atoms. The molecule has 0 bridgehead atoms. The van der Waals surface area contributed by atoms with Crippen molar-refractivity contribution in [3.63, 3.8) is 0 Å². The van der Waals surface area contributed by atoms with E-state index in [0.29, 0.717) is 52.0 Å². The summed E-state index contributed by atoms with van der Waals surface area (Å²) >= 11 is 0. The van der Waals surface area contributed by atoms with Crippen molar-refractivity contribution in [3.8, 4) is 5.75 Å². The molecule has 0 radical (unpaired) electrons. The van der Waals surface area contributed by atoms with Crippen LogP contribution in [0.1, 0.15) is 0 Å². The second-order valence-corrected chi connectivity index (χ2v) is 4.54. The van der Waals surface area contributed by atoms with Crippen LogP contribution >= 0.6 is 0 Å². The summed E-state index contributed by atoms with van der Waals surface area (Å²) in [4.78, 5) is 10.1. The highest BCUT2D eigenvalue weighted by atomic mass is 16.6. The van der Waals surface area contributed by atoms with Gasteiger partial charge in [-0.15, -0.1) is 0 Å². The number of rotatable bonds is 14. The Balaban J connectivity index is 1.90. The predicted octanol–water partition coefficient (Wildman–Crippen LogP) is 1.24. The van der Waals surface area contributed by atoms with E-state index in [1.54, 1.807) is 12.1 Å². The van der Waals surface area contributed by atoms with Gasteiger partial charge in [0.25, 0.3) is 5.69 Å². The number of hydrogen-bond donors (Lipinski definition) is 1. The maximum absolute atomic E-state index is 10.5. The summed E-state index contributed by atoms with van der Waals surface area (Å²) in [7, 11) is 1.88. The third-order valence-electron chi connectivity index (χ3n) is 2.78. The Kier molecular flexibility index (Phi) is 10.7. The molecule has 0 aromatic heterocycles. The van der Waals surface area contributed by atoms with Crippen molar-refractivity contribution < 1.29 is 23.9 Å². The highest BCUT2D eigenvalue weighted by Gasteiger charge is 2.03. The number of hydrogen-bond acceptors (Lipinski definition) is 7. The van der Waals surface area contributed by atoms with Gasteiger partial charge in [-0.25, -0.2) is 0 Å². The Morgan fingerprint density at radius 1 is 0.913 bits per heavy atom. The van der Waals surface area contributed by atoms with E-state index in [1.807, 2.05) is 7.05 Å². The van der Waals surface area contributed by atoms with E-state index in [9.17, 15) is 10.1 Å². The normalized spacial score (nSPS) is 10.7. The Morgan fingerprint density at radius 3 is 1.96 bits per heavy atom. The van der Waals surface area contributed by atoms with Gasteiger partial charge in [-0.2, -0.15) is 0 Å². The van der Waals surface area contributed by atoms with Crippen LogP contribution in [0.5, 0.6) is 5.75 Å². The molecular formula is C15H24N2O6. The SMILES string of the molecule is CNCCOCCOCCOCCOc1ccc([N+](=O)[O-])cc1. The number of nitrogens with one attached hydrogen (secondary N) is 1. The maximum atomic E-state index is 10.5. The van der Waals surface area contributed by atoms with Crippen LogP contribution in [0.3, 0.4) is 0 Å². The van der Waals surface area contributed by atoms with Crippen molar-refractivity contribution in [1.82, 2.24) is 5.32 Å². The summed E-state index contributed by atoms with van der Waals surface area (Å²) in [5.41, 5.74) is 0.0423. The average Bonchev–Trinajstić information content (AvgIpc) is 2.56. The fourth-order valence-electron chi connectivity index (χ4n) is 1.60. The van der Waals surface area contributed by atoms with Gasteiger partial charge in [0.1, 0.15) is 12.4 Å². The van der Waals surface area contributed by atoms with Crippen LogP contribution < -0.4 is 10.1 Å². The molecule has 0 unspecified atom stereocenters. The molecule has 0 saturated carbocycles. The molecular weight excluding hydrogens is 304 g/mol. The first kappa shape index (κ1) is 19.3. The third kappa shape index (κ3) is 9.80. The molecule has 0 atom stereocenters. The van der Waals surface area contributed by atoms with Gasteiger partial charge >= 0.3 is 0 Å². The highest BCUT2D eigenvalue weighted by molar-refractivity contribution is 5.35. The summed E-state index contributed by atoms with van der Waals surface area (Å²) in [6, 6.07) is 5.94. The monoisotopic (exact) mass is 328 g/mol. The number of nitrogens with zero attached hydrogens (tertiary/aromatic N) is 1. The molecule has 8 nitrogen and oxygen atoms in total. The smallest absolute Gasteiger partial charge is 0.269 e. The van der Waals surface area contributed by atoms with Gasteiger partial charge in [-0.05, 0) is 19.2 Å². The molecule has 0 heterocycles. The van der Waals surface area contributed by atoms with Gasteiger partial charge in [0, 0.05) is 18.7 Å². The zero-order valence-corrected chi connectivity index (χ0v) is 13.4. The lowest BCUT2D eigenvalue weighted by Crippen LogP contribution is -2.17. The summed E-state index contributed by atoms with van der Waals surface area (Å²) in [6.45, 7) is 4.43. The molecule has 130 valence electrons. The minimum absolute atomic E-state index is 0.0423. The van der Waals surface area contributed by atoms with E-state index in [-0.39, 0.29) is 5.69 Å². The number of likely N-dealkylation sites (N-methyl/N-ethyl adjacent to an activating group) is 1. The van der Waals surface area contributed by atoms with E-state index in [0.717, 1.165) is 6.54 Å². The summed E-state index contributed by atoms with van der Waals surface area (Å²) in [5, 5.41) is 13.5. The van der Waals surface area contributed by atoms with Gasteiger partial charge in [0.2, 0.25) is 0 Å². The molecule has 1 aromatic rings. The quantitative estimate of drug-likeness (QED) is 0.312. The molecule has 0 fully saturated rings. The summed E-state index contributed by atoms with van der Waals surface area (Å²) in [6.07, 6.45) is 0. The van der Waals surface area contributed by atoms with Crippen molar-refractivity contribution in [1.29, 1.82) is 0 Å². The lowest BCUT2D eigenvalue weighted by Gasteiger charge is -2.08. The van der Waals surface area contributed by atoms with Crippen molar-refractivity contribution in [2.45, 2.75) is 0 Å². The first-order chi connectivity index (χ1) is 11.2. The van der Waals surface area contributed by atoms with Crippen molar-refractivity contribution >= 4 is 5.69 Å². The fraction of sp³-hybridized carbons (Fsp3) is 0.600. The van der Waals surface area contributed by atoms with E-state index in [2.05, 4.69) is 5.32 Å². The Bertz CT molecular complexity index is 426. The lowest BCUT2D eigenvalue weighted by molar-refractivity contribution is -0.384. The number of benzene rings is 1. The van der Waals surface area contributed by atoms with Crippen LogP contribution in [-0.4, -0.2) is 64.8 Å². The van der Waals surface area contributed by atoms with Gasteiger partial charge in [0.05, 0.1) is 44.6 Å². The lowest BCUT2D eigenvalue weighted by atomic mass is 10.3. The Hall–Kier alpha value is -1.74. The maximum Gasteiger partial charge on any atom is 0.269 e. The number of non-ortho nitro benzene ring substituents is 1. The topological polar surface area (TPSA) is 92.1 Å². The number of nitro benzene ring substituents is 1. The third-order valence-corrected chi connectivity index (χ3v) is 2.78. The molecule has 8 heteroatoms. The average molecular weight is 328 g/mol. The molecule has 0 aliphatic carbocycles. The Morgan fingerprint density at radius 2 is 1.43 bits per heavy atom. The van der Waals surface area contributed by atoms with Crippen molar-refractivity contribution in [2.24, 2.45) is 0 Å². The number of nitro groups is 1. The standard InChI is InChI=1S/C15H24N2O6/c1-16-6-7-20-8-9-21-10-11-22-12-13-23-15-4-2-14(3-5-15)17(18)19/h2-5,16H,6-13H2,1H3. The van der Waals surface area contributed by atoms with Gasteiger partial charge in [-0.1, -0.05) is 0 Å². The molecule has 1 N–H and O–H groups in total. The summed E-state index contributed by atoms with van der Waals surface area (Å²) < 4.78 is 21.4. The molecule has 1 rings (SSSR count). The molecule has 0 spiro atoms. The van der Waals surface area contributed by atoms with Crippen LogP contribution in [0.4, 0.5) is 5.69 Å². The van der Waals surface area contributed by atoms with E-state index >= 15 is 0 Å². The zero-order valence-electron chi connectivity index (χ0n) is 13.4. The van der Waals surface area contributed by atoms with Crippen molar-refractivity contribution in [3.05, 3.63) is 34.4 Å². The first-order valence-electron chi connectivity index (χ1n) is 7.49. The molecule has 0 amide bonds. The minimum Gasteiger partial charge on any atom is -0.491 e. The van der Waals surface area contributed by atoms with Gasteiger partial charge in [0.15, 0.2) is 0 Å². The fourth-order valence-corrected chi connectivity index (χ4v) is 1.60. The van der Waals surface area contributed by atoms with E-state index in [4.69, 9.17) is 18.9 Å². The van der Waals surface area contributed by atoms with Crippen LogP contribution in [0.25, 0.3) is 0 Å². The van der Waals surface area contributed by atoms with Crippen LogP contribution in [-0.2, 0) is 14.2 Å². The molecule has 0 aliphatic rings. The van der Waals surface area contributed by atoms with Gasteiger partial charge < -0.3 is 24.3 Å². The Labute approximate surface area is 135 Å². The summed E-state index contributed by atoms with van der Waals surface area (Å²) in [5.74, 6) is 0.578. The molecule has 0 saturated heterocycles. The zero-order chi connectivity index (χ0) is 16.8.